The van der Waals surface area contributed by atoms with Crippen molar-refractivity contribution >= 4 is 37.4 Å². The van der Waals surface area contributed by atoms with Crippen LogP contribution < -0.4 is 9.46 Å². The summed E-state index contributed by atoms with van der Waals surface area (Å²) in [5.74, 6) is -3.08. The molecule has 36 heavy (non-hydrogen) atoms. The molecule has 1 aliphatic carbocycles. The van der Waals surface area contributed by atoms with E-state index in [1.807, 2.05) is 0 Å². The highest BCUT2D eigenvalue weighted by Gasteiger charge is 2.61. The number of hydrogen-bond acceptors (Lipinski definition) is 6. The summed E-state index contributed by atoms with van der Waals surface area (Å²) in [6.07, 6.45) is 1.07. The average molecular weight is 561 g/mol. The lowest BCUT2D eigenvalue weighted by Crippen LogP contribution is -2.65. The van der Waals surface area contributed by atoms with Crippen LogP contribution in [0.3, 0.4) is 0 Å². The monoisotopic (exact) mass is 560 g/mol. The van der Waals surface area contributed by atoms with Crippen LogP contribution in [0, 0.1) is 11.6 Å². The van der Waals surface area contributed by atoms with Crippen molar-refractivity contribution in [3.63, 3.8) is 0 Å². The van der Waals surface area contributed by atoms with Crippen molar-refractivity contribution in [3.8, 4) is 5.75 Å². The van der Waals surface area contributed by atoms with Gasteiger partial charge in [0.25, 0.3) is 0 Å². The molecule has 8 nitrogen and oxygen atoms in total. The quantitative estimate of drug-likeness (QED) is 0.582. The number of sulfone groups is 1. The number of fused-ring (bicyclic) bond motifs is 3. The van der Waals surface area contributed by atoms with E-state index in [1.165, 1.54) is 29.2 Å². The molecule has 2 atom stereocenters. The zero-order valence-electron chi connectivity index (χ0n) is 18.9. The van der Waals surface area contributed by atoms with Gasteiger partial charge >= 0.3 is 0 Å². The molecule has 0 spiro atoms. The maximum Gasteiger partial charge on any atom is 0.238 e. The van der Waals surface area contributed by atoms with Crippen LogP contribution in [0.25, 0.3) is 0 Å². The van der Waals surface area contributed by atoms with Crippen LogP contribution in [0.2, 0.25) is 5.02 Å². The third-order valence-electron chi connectivity index (χ3n) is 7.04. The van der Waals surface area contributed by atoms with Gasteiger partial charge in [-0.1, -0.05) is 11.6 Å². The van der Waals surface area contributed by atoms with E-state index in [1.54, 1.807) is 0 Å². The van der Waals surface area contributed by atoms with Crippen molar-refractivity contribution < 1.29 is 35.1 Å². The number of ether oxygens (including phenoxy) is 1. The van der Waals surface area contributed by atoms with Crippen molar-refractivity contribution in [2.24, 2.45) is 0 Å². The largest absolute Gasteiger partial charge is 0.488 e. The number of hydrogen-bond donors (Lipinski definition) is 1. The number of benzene rings is 2. The Labute approximate surface area is 212 Å². The second-order valence-electron chi connectivity index (χ2n) is 9.16. The predicted octanol–water partition coefficient (Wildman–Crippen LogP) is 2.75. The molecule has 2 aromatic carbocycles. The maximum atomic E-state index is 15.4. The van der Waals surface area contributed by atoms with Gasteiger partial charge in [0.15, 0.2) is 21.4 Å². The van der Waals surface area contributed by atoms with Gasteiger partial charge < -0.3 is 9.64 Å². The minimum atomic E-state index is -4.44. The van der Waals surface area contributed by atoms with Crippen molar-refractivity contribution in [1.29, 1.82) is 0 Å². The summed E-state index contributed by atoms with van der Waals surface area (Å²) in [5, 5.41) is -0.256. The van der Waals surface area contributed by atoms with E-state index in [0.717, 1.165) is 12.1 Å². The highest BCUT2D eigenvalue weighted by atomic mass is 35.5. The van der Waals surface area contributed by atoms with Crippen molar-refractivity contribution in [3.05, 3.63) is 58.6 Å². The molecule has 1 saturated heterocycles. The Morgan fingerprint density at radius 2 is 1.75 bits per heavy atom. The summed E-state index contributed by atoms with van der Waals surface area (Å²) in [5.41, 5.74) is -0.468. The Morgan fingerprint density at radius 1 is 1.08 bits per heavy atom. The minimum absolute atomic E-state index is 0.0994. The number of likely N-dealkylation sites (tertiary alicyclic amines) is 1. The number of halogens is 3. The summed E-state index contributed by atoms with van der Waals surface area (Å²) in [7, 11) is -8.12. The number of carbonyl (C=O) groups is 1. The highest BCUT2D eigenvalue weighted by molar-refractivity contribution is 7.92. The second-order valence-corrected chi connectivity index (χ2v) is 13.9. The predicted molar refractivity (Wildman–Crippen MR) is 127 cm³/mol. The van der Waals surface area contributed by atoms with Crippen LogP contribution in [0.1, 0.15) is 31.2 Å². The molecule has 2 fully saturated rings. The van der Waals surface area contributed by atoms with Gasteiger partial charge in [0, 0.05) is 11.6 Å². The fraction of sp³-hybridized carbons (Fsp3) is 0.435. The van der Waals surface area contributed by atoms with Gasteiger partial charge in [-0.3, -0.25) is 4.79 Å². The molecule has 3 aliphatic rings. The van der Waals surface area contributed by atoms with Gasteiger partial charge in [0.1, 0.15) is 17.2 Å². The number of piperidine rings is 1. The van der Waals surface area contributed by atoms with Crippen molar-refractivity contribution in [2.75, 3.05) is 19.7 Å². The van der Waals surface area contributed by atoms with Crippen molar-refractivity contribution in [2.45, 2.75) is 46.6 Å². The van der Waals surface area contributed by atoms with Gasteiger partial charge in [0.05, 0.1) is 28.3 Å². The summed E-state index contributed by atoms with van der Waals surface area (Å²) in [6, 6.07) is 5.77. The Kier molecular flexibility index (Phi) is 6.29. The molecule has 0 radical (unpaired) electrons. The molecule has 0 bridgehead atoms. The van der Waals surface area contributed by atoms with Crippen molar-refractivity contribution in [1.82, 2.24) is 9.62 Å². The summed E-state index contributed by atoms with van der Waals surface area (Å²) in [4.78, 5) is 14.3. The van der Waals surface area contributed by atoms with Gasteiger partial charge in [-0.15, -0.1) is 0 Å². The van der Waals surface area contributed by atoms with E-state index in [4.69, 9.17) is 16.3 Å². The minimum Gasteiger partial charge on any atom is -0.488 e. The number of carbonyl (C=O) groups excluding carboxylic acids is 1. The first-order valence-corrected chi connectivity index (χ1v) is 14.8. The van der Waals surface area contributed by atoms with Crippen LogP contribution >= 0.6 is 11.6 Å². The number of sulfonamides is 1. The number of amides is 1. The summed E-state index contributed by atoms with van der Waals surface area (Å²) < 4.78 is 88.8. The van der Waals surface area contributed by atoms with E-state index in [-0.39, 0.29) is 29.3 Å². The van der Waals surface area contributed by atoms with Crippen LogP contribution in [-0.2, 0) is 29.4 Å². The first-order valence-electron chi connectivity index (χ1n) is 11.4. The highest BCUT2D eigenvalue weighted by Crippen LogP contribution is 2.53. The van der Waals surface area contributed by atoms with Crippen LogP contribution in [0.5, 0.6) is 5.75 Å². The molecule has 0 aromatic heterocycles. The zero-order chi connectivity index (χ0) is 25.9. The summed E-state index contributed by atoms with van der Waals surface area (Å²) >= 11 is 5.94. The standard InChI is InChI=1S/C23H23ClF2N2O6S2/c24-14-2-4-15(5-3-14)35(30,31)23-10-1-11-28(20(29)12-27-36(32,33)16-6-7-16)19(23)13-34-22-18(26)9-8-17(25)21(22)23/h2-5,8-9,16,19,27H,1,6-7,10-13H2/t19-,23+/m0/s1. The average Bonchev–Trinajstić information content (AvgIpc) is 3.70. The molecule has 2 aliphatic heterocycles. The second kappa shape index (κ2) is 8.93. The fourth-order valence-corrected chi connectivity index (χ4v) is 8.95. The normalized spacial score (nSPS) is 24.0. The molecule has 1 amide bonds. The van der Waals surface area contributed by atoms with Gasteiger partial charge in [-0.25, -0.2) is 30.3 Å². The van der Waals surface area contributed by atoms with E-state index in [2.05, 4.69) is 4.72 Å². The molecule has 13 heteroatoms. The van der Waals surface area contributed by atoms with E-state index in [0.29, 0.717) is 12.8 Å². The smallest absolute Gasteiger partial charge is 0.238 e. The van der Waals surface area contributed by atoms with Gasteiger partial charge in [-0.05, 0) is 62.1 Å². The molecule has 5 rings (SSSR count). The fourth-order valence-electron chi connectivity index (χ4n) is 5.16. The third kappa shape index (κ3) is 3.98. The Bertz CT molecular complexity index is 1430. The Balaban J connectivity index is 1.62. The van der Waals surface area contributed by atoms with E-state index >= 15 is 4.39 Å². The van der Waals surface area contributed by atoms with Crippen LogP contribution in [0.4, 0.5) is 8.78 Å². The van der Waals surface area contributed by atoms with Gasteiger partial charge in [-0.2, -0.15) is 0 Å². The SMILES string of the molecule is O=C(CNS(=O)(=O)C1CC1)N1CCC[C@]2(S(=O)(=O)c3ccc(Cl)cc3)c3c(F)ccc(F)c3OC[C@H]12. The Morgan fingerprint density at radius 3 is 2.42 bits per heavy atom. The van der Waals surface area contributed by atoms with Gasteiger partial charge in [0.2, 0.25) is 15.9 Å². The van der Waals surface area contributed by atoms with E-state index < -0.39 is 77.9 Å². The van der Waals surface area contributed by atoms with E-state index in [9.17, 15) is 26.0 Å². The topological polar surface area (TPSA) is 110 Å². The molecular weight excluding hydrogens is 538 g/mol. The molecular formula is C23H23ClF2N2O6S2. The molecule has 0 unspecified atom stereocenters. The lowest BCUT2D eigenvalue weighted by molar-refractivity contribution is -0.136. The van der Waals surface area contributed by atoms with Crippen LogP contribution in [-0.4, -0.2) is 58.6 Å². The lowest BCUT2D eigenvalue weighted by Gasteiger charge is -2.51. The number of nitrogens with one attached hydrogen (secondary N) is 1. The van der Waals surface area contributed by atoms with Crippen LogP contribution in [0.15, 0.2) is 41.3 Å². The Hall–Kier alpha value is -2.28. The maximum absolute atomic E-state index is 15.4. The number of nitrogens with zero attached hydrogens (tertiary/aromatic N) is 1. The number of rotatable bonds is 6. The molecule has 1 N–H and O–H groups in total. The molecule has 2 heterocycles. The first kappa shape index (κ1) is 25.4. The zero-order valence-corrected chi connectivity index (χ0v) is 21.3. The molecule has 1 saturated carbocycles. The molecule has 194 valence electrons. The summed E-state index contributed by atoms with van der Waals surface area (Å²) in [6.45, 7) is -0.894. The molecule has 2 aromatic rings. The first-order chi connectivity index (χ1) is 17.0. The third-order valence-corrected chi connectivity index (χ3v) is 11.7. The lowest BCUT2D eigenvalue weighted by atomic mass is 9.80.